The van der Waals surface area contributed by atoms with Crippen molar-refractivity contribution >= 4 is 33.6 Å². The minimum absolute atomic E-state index is 0.0438. The zero-order valence-corrected chi connectivity index (χ0v) is 17.2. The SMILES string of the molecule is CCOC(=O)C1=C(Cn2cnc3sc(CC)cc3c2=O)NC(=O)NC1c1ccco1. The quantitative estimate of drug-likeness (QED) is 0.583. The highest BCUT2D eigenvalue weighted by atomic mass is 32.1. The molecule has 2 amide bonds. The fourth-order valence-corrected chi connectivity index (χ4v) is 4.25. The number of amides is 2. The average molecular weight is 428 g/mol. The molecule has 1 unspecified atom stereocenters. The first kappa shape index (κ1) is 19.9. The summed E-state index contributed by atoms with van der Waals surface area (Å²) in [5.74, 6) is -0.218. The molecule has 1 aliphatic heterocycles. The first-order valence-electron chi connectivity index (χ1n) is 9.50. The van der Waals surface area contributed by atoms with Crippen LogP contribution in [-0.4, -0.2) is 28.2 Å². The van der Waals surface area contributed by atoms with Crippen LogP contribution < -0.4 is 16.2 Å². The second kappa shape index (κ2) is 8.15. The number of esters is 1. The lowest BCUT2D eigenvalue weighted by Gasteiger charge is -2.28. The summed E-state index contributed by atoms with van der Waals surface area (Å²) in [6.07, 6.45) is 3.69. The first-order chi connectivity index (χ1) is 14.5. The molecule has 0 spiro atoms. The van der Waals surface area contributed by atoms with Crippen molar-refractivity contribution in [3.8, 4) is 0 Å². The molecule has 30 heavy (non-hydrogen) atoms. The maximum absolute atomic E-state index is 13.0. The Kier molecular flexibility index (Phi) is 5.40. The van der Waals surface area contributed by atoms with E-state index in [-0.39, 0.29) is 30.0 Å². The third-order valence-corrected chi connectivity index (χ3v) is 5.91. The van der Waals surface area contributed by atoms with Crippen molar-refractivity contribution in [1.29, 1.82) is 0 Å². The highest BCUT2D eigenvalue weighted by molar-refractivity contribution is 7.18. The number of furan rings is 1. The van der Waals surface area contributed by atoms with Crippen molar-refractivity contribution in [2.45, 2.75) is 32.9 Å². The number of ether oxygens (including phenoxy) is 1. The van der Waals surface area contributed by atoms with E-state index in [0.29, 0.717) is 16.0 Å². The van der Waals surface area contributed by atoms with Crippen LogP contribution in [0.25, 0.3) is 10.2 Å². The summed E-state index contributed by atoms with van der Waals surface area (Å²) < 4.78 is 12.0. The van der Waals surface area contributed by atoms with Gasteiger partial charge in [-0.2, -0.15) is 0 Å². The fourth-order valence-electron chi connectivity index (χ4n) is 3.33. The smallest absolute Gasteiger partial charge is 0.338 e. The van der Waals surface area contributed by atoms with E-state index in [4.69, 9.17) is 9.15 Å². The number of allylic oxidation sites excluding steroid dienone is 1. The molecule has 0 saturated carbocycles. The molecule has 1 aliphatic rings. The molecule has 0 radical (unpaired) electrons. The van der Waals surface area contributed by atoms with Crippen molar-refractivity contribution in [3.63, 3.8) is 0 Å². The molecule has 0 aromatic carbocycles. The highest BCUT2D eigenvalue weighted by Crippen LogP contribution is 2.29. The zero-order valence-electron chi connectivity index (χ0n) is 16.4. The molecule has 156 valence electrons. The molecular weight excluding hydrogens is 408 g/mol. The average Bonchev–Trinajstić information content (AvgIpc) is 3.39. The van der Waals surface area contributed by atoms with Gasteiger partial charge in [0.1, 0.15) is 16.6 Å². The number of aromatic nitrogens is 2. The number of hydrogen-bond acceptors (Lipinski definition) is 7. The van der Waals surface area contributed by atoms with Crippen molar-refractivity contribution in [1.82, 2.24) is 20.2 Å². The third kappa shape index (κ3) is 3.61. The number of fused-ring (bicyclic) bond motifs is 1. The number of urea groups is 1. The third-order valence-electron chi connectivity index (χ3n) is 4.72. The van der Waals surface area contributed by atoms with Crippen molar-refractivity contribution < 1.29 is 18.7 Å². The summed E-state index contributed by atoms with van der Waals surface area (Å²) in [4.78, 5) is 44.1. The van der Waals surface area contributed by atoms with E-state index in [0.717, 1.165) is 11.3 Å². The van der Waals surface area contributed by atoms with E-state index in [1.807, 2.05) is 13.0 Å². The molecule has 0 aliphatic carbocycles. The molecule has 2 N–H and O–H groups in total. The van der Waals surface area contributed by atoms with E-state index in [1.54, 1.807) is 19.1 Å². The highest BCUT2D eigenvalue weighted by Gasteiger charge is 2.35. The number of carbonyl (C=O) groups excluding carboxylic acids is 2. The molecule has 10 heteroatoms. The van der Waals surface area contributed by atoms with Crippen LogP contribution in [0.4, 0.5) is 4.79 Å². The molecule has 9 nitrogen and oxygen atoms in total. The molecule has 1 atom stereocenters. The van der Waals surface area contributed by atoms with Crippen molar-refractivity contribution in [2.75, 3.05) is 6.61 Å². The van der Waals surface area contributed by atoms with Gasteiger partial charge in [0.2, 0.25) is 0 Å². The maximum Gasteiger partial charge on any atom is 0.338 e. The number of hydrogen-bond donors (Lipinski definition) is 2. The van der Waals surface area contributed by atoms with Crippen LogP contribution in [0.5, 0.6) is 0 Å². The minimum atomic E-state index is -0.831. The molecule has 4 heterocycles. The van der Waals surface area contributed by atoms with Crippen LogP contribution in [0.15, 0.2) is 51.3 Å². The molecule has 0 saturated heterocycles. The predicted molar refractivity (Wildman–Crippen MR) is 110 cm³/mol. The lowest BCUT2D eigenvalue weighted by atomic mass is 10.00. The molecule has 3 aromatic rings. The van der Waals surface area contributed by atoms with Gasteiger partial charge < -0.3 is 19.8 Å². The van der Waals surface area contributed by atoms with Crippen molar-refractivity contribution in [2.24, 2.45) is 0 Å². The molecule has 0 bridgehead atoms. The molecule has 0 fully saturated rings. The summed E-state index contributed by atoms with van der Waals surface area (Å²) in [5.41, 5.74) is 0.194. The Balaban J connectivity index is 1.80. The van der Waals surface area contributed by atoms with Crippen LogP contribution in [-0.2, 0) is 22.5 Å². The summed E-state index contributed by atoms with van der Waals surface area (Å²) >= 11 is 1.47. The van der Waals surface area contributed by atoms with Crippen LogP contribution in [0, 0.1) is 0 Å². The number of rotatable bonds is 6. The van der Waals surface area contributed by atoms with Gasteiger partial charge in [-0.05, 0) is 31.5 Å². The topological polar surface area (TPSA) is 115 Å². The minimum Gasteiger partial charge on any atom is -0.467 e. The number of nitrogens with zero attached hydrogens (tertiary/aromatic N) is 2. The van der Waals surface area contributed by atoms with Gasteiger partial charge in [-0.25, -0.2) is 14.6 Å². The molecule has 4 rings (SSSR count). The standard InChI is InChI=1S/C20H20N4O5S/c1-3-11-8-12-17(30-11)21-10-24(18(12)25)9-13-15(19(26)28-4-2)16(23-20(27)22-13)14-6-5-7-29-14/h5-8,10,16H,3-4,9H2,1-2H3,(H2,22,23,27). The lowest BCUT2D eigenvalue weighted by molar-refractivity contribution is -0.139. The normalized spacial score (nSPS) is 16.5. The summed E-state index contributed by atoms with van der Waals surface area (Å²) in [7, 11) is 0. The van der Waals surface area contributed by atoms with Gasteiger partial charge >= 0.3 is 12.0 Å². The molecular formula is C20H20N4O5S. The first-order valence-corrected chi connectivity index (χ1v) is 10.3. The second-order valence-electron chi connectivity index (χ2n) is 6.62. The Morgan fingerprint density at radius 1 is 1.37 bits per heavy atom. The van der Waals surface area contributed by atoms with Crippen LogP contribution in [0.1, 0.15) is 30.5 Å². The summed E-state index contributed by atoms with van der Waals surface area (Å²) in [6.45, 7) is 3.83. The van der Waals surface area contributed by atoms with E-state index < -0.39 is 18.0 Å². The van der Waals surface area contributed by atoms with Crippen LogP contribution >= 0.6 is 11.3 Å². The van der Waals surface area contributed by atoms with Gasteiger partial charge in [0.05, 0.1) is 42.4 Å². The van der Waals surface area contributed by atoms with Gasteiger partial charge in [0.25, 0.3) is 5.56 Å². The lowest BCUT2D eigenvalue weighted by Crippen LogP contribution is -2.47. The van der Waals surface area contributed by atoms with E-state index in [1.165, 1.54) is 28.5 Å². The Bertz CT molecular complexity index is 1190. The van der Waals surface area contributed by atoms with Gasteiger partial charge in [-0.1, -0.05) is 6.92 Å². The fraction of sp³-hybridized carbons (Fsp3) is 0.300. The van der Waals surface area contributed by atoms with Gasteiger partial charge in [-0.15, -0.1) is 11.3 Å². The number of thiophene rings is 1. The van der Waals surface area contributed by atoms with Crippen LogP contribution in [0.3, 0.4) is 0 Å². The van der Waals surface area contributed by atoms with Gasteiger partial charge in [0.15, 0.2) is 0 Å². The summed E-state index contributed by atoms with van der Waals surface area (Å²) in [6, 6.07) is 3.81. The monoisotopic (exact) mass is 428 g/mol. The zero-order chi connectivity index (χ0) is 21.3. The largest absolute Gasteiger partial charge is 0.467 e. The Morgan fingerprint density at radius 3 is 2.90 bits per heavy atom. The second-order valence-corrected chi connectivity index (χ2v) is 7.74. The Hall–Kier alpha value is -3.40. The van der Waals surface area contributed by atoms with Crippen molar-refractivity contribution in [3.05, 3.63) is 63.1 Å². The number of carbonyl (C=O) groups is 2. The number of nitrogens with one attached hydrogen (secondary N) is 2. The van der Waals surface area contributed by atoms with Gasteiger partial charge in [0, 0.05) is 4.88 Å². The predicted octanol–water partition coefficient (Wildman–Crippen LogP) is 2.48. The molecule has 3 aromatic heterocycles. The Morgan fingerprint density at radius 2 is 2.20 bits per heavy atom. The number of aryl methyl sites for hydroxylation is 1. The van der Waals surface area contributed by atoms with E-state index >= 15 is 0 Å². The Labute approximate surface area is 175 Å². The maximum atomic E-state index is 13.0. The van der Waals surface area contributed by atoms with E-state index in [2.05, 4.69) is 15.6 Å². The van der Waals surface area contributed by atoms with E-state index in [9.17, 15) is 14.4 Å². The summed E-state index contributed by atoms with van der Waals surface area (Å²) in [5, 5.41) is 5.83. The van der Waals surface area contributed by atoms with Gasteiger partial charge in [-0.3, -0.25) is 9.36 Å². The van der Waals surface area contributed by atoms with Crippen LogP contribution in [0.2, 0.25) is 0 Å².